The van der Waals surface area contributed by atoms with Gasteiger partial charge in [0.05, 0.1) is 17.2 Å². The van der Waals surface area contributed by atoms with Crippen LogP contribution in [0, 0.1) is 11.8 Å². The summed E-state index contributed by atoms with van der Waals surface area (Å²) in [4.78, 5) is 28.8. The van der Waals surface area contributed by atoms with Crippen LogP contribution in [-0.4, -0.2) is 16.3 Å². The van der Waals surface area contributed by atoms with E-state index in [4.69, 9.17) is 0 Å². The predicted molar refractivity (Wildman–Crippen MR) is 80.2 cm³/mol. The van der Waals surface area contributed by atoms with Crippen molar-refractivity contribution in [2.24, 2.45) is 0 Å². The fourth-order valence-corrected chi connectivity index (χ4v) is 1.94. The van der Waals surface area contributed by atoms with Gasteiger partial charge in [-0.15, -0.1) is 0 Å². The van der Waals surface area contributed by atoms with E-state index in [9.17, 15) is 9.59 Å². The second-order valence-electron chi connectivity index (χ2n) is 4.45. The van der Waals surface area contributed by atoms with Crippen LogP contribution in [0.1, 0.15) is 21.5 Å². The van der Waals surface area contributed by atoms with Crippen molar-refractivity contribution < 1.29 is 4.79 Å². The number of carbonyl (C=O) groups is 1. The minimum absolute atomic E-state index is 0.163. The molecule has 1 aromatic heterocycles. The fraction of sp³-hybridized carbons (Fsp3) is 0. The minimum atomic E-state index is -0.163. The van der Waals surface area contributed by atoms with Crippen molar-refractivity contribution in [1.82, 2.24) is 9.97 Å². The Morgan fingerprint density at radius 2 is 1.71 bits per heavy atom. The molecule has 0 bridgehead atoms. The largest absolute Gasteiger partial charge is 0.313 e. The van der Waals surface area contributed by atoms with E-state index in [2.05, 4.69) is 21.8 Å². The highest BCUT2D eigenvalue weighted by molar-refractivity contribution is 5.79. The van der Waals surface area contributed by atoms with Crippen LogP contribution in [0.4, 0.5) is 0 Å². The van der Waals surface area contributed by atoms with Gasteiger partial charge in [-0.05, 0) is 30.3 Å². The molecule has 0 atom stereocenters. The first-order valence-corrected chi connectivity index (χ1v) is 6.31. The van der Waals surface area contributed by atoms with Gasteiger partial charge in [0.1, 0.15) is 6.29 Å². The molecule has 0 saturated carbocycles. The van der Waals surface area contributed by atoms with Crippen molar-refractivity contribution in [1.29, 1.82) is 0 Å². The molecule has 1 N–H and O–H groups in total. The highest BCUT2D eigenvalue weighted by atomic mass is 16.1. The van der Waals surface area contributed by atoms with Crippen molar-refractivity contribution in [3.8, 4) is 11.8 Å². The number of fused-ring (bicyclic) bond motifs is 1. The Morgan fingerprint density at radius 1 is 1.00 bits per heavy atom. The molecule has 0 unspecified atom stereocenters. The third-order valence-electron chi connectivity index (χ3n) is 3.04. The average molecular weight is 274 g/mol. The third kappa shape index (κ3) is 2.72. The summed E-state index contributed by atoms with van der Waals surface area (Å²) in [5, 5.41) is 0.540. The highest BCUT2D eigenvalue weighted by Gasteiger charge is 1.99. The summed E-state index contributed by atoms with van der Waals surface area (Å²) >= 11 is 0. The van der Waals surface area contributed by atoms with Gasteiger partial charge < -0.3 is 4.98 Å². The third-order valence-corrected chi connectivity index (χ3v) is 3.04. The molecular weight excluding hydrogens is 264 g/mol. The van der Waals surface area contributed by atoms with E-state index in [1.165, 1.54) is 6.33 Å². The van der Waals surface area contributed by atoms with Gasteiger partial charge in [0.25, 0.3) is 5.56 Å². The summed E-state index contributed by atoms with van der Waals surface area (Å²) in [5.74, 6) is 6.03. The number of nitrogens with zero attached hydrogens (tertiary/aromatic N) is 1. The molecule has 100 valence electrons. The number of benzene rings is 2. The maximum absolute atomic E-state index is 11.6. The second-order valence-corrected chi connectivity index (χ2v) is 4.45. The Bertz CT molecular complexity index is 929. The van der Waals surface area contributed by atoms with Gasteiger partial charge in [-0.1, -0.05) is 24.0 Å². The number of nitrogens with one attached hydrogen (secondary N) is 1. The van der Waals surface area contributed by atoms with Crippen LogP contribution >= 0.6 is 0 Å². The van der Waals surface area contributed by atoms with Crippen LogP contribution in [0.3, 0.4) is 0 Å². The summed E-state index contributed by atoms with van der Waals surface area (Å²) < 4.78 is 0. The van der Waals surface area contributed by atoms with Crippen molar-refractivity contribution in [2.75, 3.05) is 0 Å². The highest BCUT2D eigenvalue weighted by Crippen LogP contribution is 2.09. The zero-order chi connectivity index (χ0) is 14.7. The predicted octanol–water partition coefficient (Wildman–Crippen LogP) is 2.14. The van der Waals surface area contributed by atoms with Crippen LogP contribution in [0.15, 0.2) is 53.6 Å². The summed E-state index contributed by atoms with van der Waals surface area (Å²) in [6.45, 7) is 0. The lowest BCUT2D eigenvalue weighted by molar-refractivity contribution is 0.112. The molecule has 0 spiro atoms. The molecule has 0 aliphatic rings. The first-order chi connectivity index (χ1) is 10.3. The lowest BCUT2D eigenvalue weighted by Gasteiger charge is -1.96. The number of hydrogen-bond acceptors (Lipinski definition) is 3. The molecule has 0 fully saturated rings. The first kappa shape index (κ1) is 12.8. The Balaban J connectivity index is 1.96. The molecule has 1 heterocycles. The molecule has 3 rings (SSSR count). The number of aromatic amines is 1. The molecule has 4 heteroatoms. The van der Waals surface area contributed by atoms with E-state index in [-0.39, 0.29) is 5.56 Å². The van der Waals surface area contributed by atoms with Gasteiger partial charge in [0, 0.05) is 16.7 Å². The number of rotatable bonds is 1. The molecule has 0 radical (unpaired) electrons. The van der Waals surface area contributed by atoms with Crippen LogP contribution in [-0.2, 0) is 0 Å². The van der Waals surface area contributed by atoms with Crippen molar-refractivity contribution in [3.63, 3.8) is 0 Å². The van der Waals surface area contributed by atoms with Crippen molar-refractivity contribution in [3.05, 3.63) is 75.8 Å². The number of carbonyl (C=O) groups excluding carboxylic acids is 1. The Kier molecular flexibility index (Phi) is 3.32. The zero-order valence-electron chi connectivity index (χ0n) is 11.0. The maximum atomic E-state index is 11.6. The van der Waals surface area contributed by atoms with Gasteiger partial charge >= 0.3 is 0 Å². The molecule has 2 aromatic carbocycles. The standard InChI is InChI=1S/C17H10N2O2/c20-10-14-5-2-12(3-6-14)1-4-13-7-8-15-16(9-13)18-11-19-17(15)21/h2-3,5-11H,(H,18,19,21). The summed E-state index contributed by atoms with van der Waals surface area (Å²) in [6.07, 6.45) is 2.17. The summed E-state index contributed by atoms with van der Waals surface area (Å²) in [5.41, 5.74) is 2.67. The summed E-state index contributed by atoms with van der Waals surface area (Å²) in [6, 6.07) is 12.3. The number of aromatic nitrogens is 2. The van der Waals surface area contributed by atoms with Gasteiger partial charge in [-0.25, -0.2) is 4.98 Å². The van der Waals surface area contributed by atoms with Crippen molar-refractivity contribution in [2.45, 2.75) is 0 Å². The van der Waals surface area contributed by atoms with Gasteiger partial charge in [-0.3, -0.25) is 9.59 Å². The van der Waals surface area contributed by atoms with Gasteiger partial charge in [0.2, 0.25) is 0 Å². The lowest BCUT2D eigenvalue weighted by atomic mass is 10.1. The zero-order valence-corrected chi connectivity index (χ0v) is 11.0. The van der Waals surface area contributed by atoms with E-state index in [0.717, 1.165) is 17.4 Å². The Labute approximate surface area is 120 Å². The topological polar surface area (TPSA) is 62.8 Å². The van der Waals surface area contributed by atoms with Crippen LogP contribution < -0.4 is 5.56 Å². The van der Waals surface area contributed by atoms with Crippen LogP contribution in [0.5, 0.6) is 0 Å². The molecule has 0 aliphatic carbocycles. The van der Waals surface area contributed by atoms with Crippen LogP contribution in [0.2, 0.25) is 0 Å². The normalized spacial score (nSPS) is 9.90. The maximum Gasteiger partial charge on any atom is 0.258 e. The number of aldehydes is 1. The molecule has 0 amide bonds. The van der Waals surface area contributed by atoms with E-state index in [1.807, 2.05) is 0 Å². The van der Waals surface area contributed by atoms with E-state index < -0.39 is 0 Å². The Hall–Kier alpha value is -3.19. The number of H-pyrrole nitrogens is 1. The fourth-order valence-electron chi connectivity index (χ4n) is 1.94. The van der Waals surface area contributed by atoms with Gasteiger partial charge in [0.15, 0.2) is 0 Å². The molecule has 3 aromatic rings. The van der Waals surface area contributed by atoms with E-state index in [1.54, 1.807) is 42.5 Å². The second kappa shape index (κ2) is 5.43. The van der Waals surface area contributed by atoms with Crippen molar-refractivity contribution >= 4 is 17.2 Å². The smallest absolute Gasteiger partial charge is 0.258 e. The van der Waals surface area contributed by atoms with Crippen LogP contribution in [0.25, 0.3) is 10.9 Å². The average Bonchev–Trinajstić information content (AvgIpc) is 2.53. The minimum Gasteiger partial charge on any atom is -0.313 e. The van der Waals surface area contributed by atoms with E-state index >= 15 is 0 Å². The molecular formula is C17H10N2O2. The summed E-state index contributed by atoms with van der Waals surface area (Å²) in [7, 11) is 0. The monoisotopic (exact) mass is 274 g/mol. The molecule has 0 aliphatic heterocycles. The molecule has 21 heavy (non-hydrogen) atoms. The van der Waals surface area contributed by atoms with E-state index in [0.29, 0.717) is 16.5 Å². The van der Waals surface area contributed by atoms with Gasteiger partial charge in [-0.2, -0.15) is 0 Å². The lowest BCUT2D eigenvalue weighted by Crippen LogP contribution is -2.05. The SMILES string of the molecule is O=Cc1ccc(C#Cc2ccc3c(=O)[nH]cnc3c2)cc1. The first-order valence-electron chi connectivity index (χ1n) is 6.31. The quantitative estimate of drug-likeness (QED) is 0.546. The molecule has 0 saturated heterocycles. The Morgan fingerprint density at radius 3 is 2.48 bits per heavy atom. The number of hydrogen-bond donors (Lipinski definition) is 1. The molecule has 4 nitrogen and oxygen atoms in total.